The molecule has 0 unspecified atom stereocenters. The molecular weight excluding hydrogens is 354 g/mol. The number of aliphatic hydroxyl groups is 1. The number of imidazole rings is 1. The molecule has 0 aliphatic carbocycles. The van der Waals surface area contributed by atoms with E-state index in [0.717, 1.165) is 54.3 Å². The van der Waals surface area contributed by atoms with Crippen LogP contribution in [0.5, 0.6) is 0 Å². The van der Waals surface area contributed by atoms with Crippen LogP contribution in [-0.4, -0.2) is 33.3 Å². The van der Waals surface area contributed by atoms with Crippen molar-refractivity contribution in [1.82, 2.24) is 14.9 Å². The van der Waals surface area contributed by atoms with E-state index in [2.05, 4.69) is 30.8 Å². The summed E-state index contributed by atoms with van der Waals surface area (Å²) in [5.74, 6) is 0. The van der Waals surface area contributed by atoms with Crippen LogP contribution in [0.25, 0.3) is 11.0 Å². The lowest BCUT2D eigenvalue weighted by atomic mass is 9.97. The summed E-state index contributed by atoms with van der Waals surface area (Å²) < 4.78 is 3.04. The topological polar surface area (TPSA) is 50.1 Å². The summed E-state index contributed by atoms with van der Waals surface area (Å²) in [6.07, 6.45) is 5.56. The average molecular weight is 373 g/mol. The van der Waals surface area contributed by atoms with Crippen LogP contribution in [0.1, 0.15) is 25.7 Å². The van der Waals surface area contributed by atoms with Crippen LogP contribution >= 0.6 is 27.5 Å². The van der Waals surface area contributed by atoms with E-state index in [1.807, 2.05) is 18.5 Å². The first kappa shape index (κ1) is 15.3. The standard InChI is InChI=1S/C15H19BrClN3O/c16-10-7-11(17)15-13(8-10)19-9-20(15)6-2-3-12-14(21)4-1-5-18-12/h7-9,12,14,18,21H,1-6H2/t12-,14+/m1/s1. The van der Waals surface area contributed by atoms with Gasteiger partial charge in [0.2, 0.25) is 0 Å². The third-order valence-electron chi connectivity index (χ3n) is 4.09. The Kier molecular flexibility index (Phi) is 4.84. The Morgan fingerprint density at radius 3 is 3.14 bits per heavy atom. The smallest absolute Gasteiger partial charge is 0.0958 e. The van der Waals surface area contributed by atoms with Gasteiger partial charge in [0.15, 0.2) is 0 Å². The Bertz CT molecular complexity index is 631. The monoisotopic (exact) mass is 371 g/mol. The maximum absolute atomic E-state index is 9.96. The quantitative estimate of drug-likeness (QED) is 0.865. The number of aliphatic hydroxyl groups excluding tert-OH is 1. The van der Waals surface area contributed by atoms with E-state index < -0.39 is 0 Å². The molecule has 3 rings (SSSR count). The van der Waals surface area contributed by atoms with Crippen molar-refractivity contribution in [2.45, 2.75) is 44.4 Å². The van der Waals surface area contributed by atoms with Gasteiger partial charge in [-0.15, -0.1) is 0 Å². The Hall–Kier alpha value is -0.620. The second-order valence-corrected chi connectivity index (χ2v) is 6.93. The molecule has 1 aliphatic rings. The van der Waals surface area contributed by atoms with E-state index in [4.69, 9.17) is 11.6 Å². The van der Waals surface area contributed by atoms with Crippen LogP contribution in [0.4, 0.5) is 0 Å². The van der Waals surface area contributed by atoms with Gasteiger partial charge in [-0.3, -0.25) is 0 Å². The molecule has 2 atom stereocenters. The molecule has 114 valence electrons. The van der Waals surface area contributed by atoms with E-state index in [1.165, 1.54) is 0 Å². The van der Waals surface area contributed by atoms with Gasteiger partial charge in [-0.25, -0.2) is 4.98 Å². The largest absolute Gasteiger partial charge is 0.392 e. The number of hydrogen-bond donors (Lipinski definition) is 2. The lowest BCUT2D eigenvalue weighted by Gasteiger charge is -2.29. The number of benzene rings is 1. The van der Waals surface area contributed by atoms with Crippen molar-refractivity contribution in [3.8, 4) is 0 Å². The number of aryl methyl sites for hydroxylation is 1. The second kappa shape index (κ2) is 6.65. The van der Waals surface area contributed by atoms with E-state index >= 15 is 0 Å². The average Bonchev–Trinajstić information content (AvgIpc) is 2.84. The highest BCUT2D eigenvalue weighted by atomic mass is 79.9. The summed E-state index contributed by atoms with van der Waals surface area (Å²) in [4.78, 5) is 4.40. The van der Waals surface area contributed by atoms with E-state index in [0.29, 0.717) is 5.02 Å². The SMILES string of the molecule is O[C@H]1CCCN[C@@H]1CCCn1cnc2cc(Br)cc(Cl)c21. The molecule has 0 amide bonds. The molecule has 0 saturated carbocycles. The summed E-state index contributed by atoms with van der Waals surface area (Å²) in [5, 5.41) is 14.1. The molecule has 1 aromatic heterocycles. The minimum Gasteiger partial charge on any atom is -0.392 e. The molecule has 2 heterocycles. The number of nitrogens with one attached hydrogen (secondary N) is 1. The van der Waals surface area contributed by atoms with Gasteiger partial charge in [-0.2, -0.15) is 0 Å². The zero-order valence-corrected chi connectivity index (χ0v) is 14.1. The van der Waals surface area contributed by atoms with Crippen LogP contribution < -0.4 is 5.32 Å². The molecule has 1 aromatic carbocycles. The van der Waals surface area contributed by atoms with Gasteiger partial charge in [0.25, 0.3) is 0 Å². The van der Waals surface area contributed by atoms with Gasteiger partial charge in [0, 0.05) is 17.1 Å². The number of halogens is 2. The Labute approximate surface area is 137 Å². The molecule has 0 spiro atoms. The van der Waals surface area contributed by atoms with Crippen molar-refractivity contribution >= 4 is 38.6 Å². The molecule has 0 bridgehead atoms. The van der Waals surface area contributed by atoms with E-state index in [1.54, 1.807) is 0 Å². The van der Waals surface area contributed by atoms with Crippen LogP contribution in [0.2, 0.25) is 5.02 Å². The number of nitrogens with zero attached hydrogens (tertiary/aromatic N) is 2. The van der Waals surface area contributed by atoms with Gasteiger partial charge in [0.05, 0.1) is 28.5 Å². The van der Waals surface area contributed by atoms with Crippen LogP contribution in [0.15, 0.2) is 22.9 Å². The number of piperidine rings is 1. The summed E-state index contributed by atoms with van der Waals surface area (Å²) in [5.41, 5.74) is 1.89. The summed E-state index contributed by atoms with van der Waals surface area (Å²) in [6.45, 7) is 1.87. The molecule has 4 nitrogen and oxygen atoms in total. The Morgan fingerprint density at radius 1 is 1.48 bits per heavy atom. The summed E-state index contributed by atoms with van der Waals surface area (Å²) in [6, 6.07) is 4.09. The van der Waals surface area contributed by atoms with Crippen LogP contribution in [-0.2, 0) is 6.54 Å². The van der Waals surface area contributed by atoms with E-state index in [9.17, 15) is 5.11 Å². The predicted molar refractivity (Wildman–Crippen MR) is 88.7 cm³/mol. The van der Waals surface area contributed by atoms with Crippen molar-refractivity contribution < 1.29 is 5.11 Å². The Morgan fingerprint density at radius 2 is 2.33 bits per heavy atom. The van der Waals surface area contributed by atoms with Gasteiger partial charge in [0.1, 0.15) is 0 Å². The van der Waals surface area contributed by atoms with Crippen molar-refractivity contribution in [3.63, 3.8) is 0 Å². The number of aromatic nitrogens is 2. The normalized spacial score (nSPS) is 22.8. The lowest BCUT2D eigenvalue weighted by molar-refractivity contribution is 0.0909. The fourth-order valence-electron chi connectivity index (χ4n) is 3.01. The fraction of sp³-hybridized carbons (Fsp3) is 0.533. The van der Waals surface area contributed by atoms with Crippen molar-refractivity contribution in [1.29, 1.82) is 0 Å². The third kappa shape index (κ3) is 3.42. The van der Waals surface area contributed by atoms with Crippen molar-refractivity contribution in [3.05, 3.63) is 28.0 Å². The maximum atomic E-state index is 9.96. The molecule has 21 heavy (non-hydrogen) atoms. The highest BCUT2D eigenvalue weighted by Gasteiger charge is 2.21. The number of rotatable bonds is 4. The highest BCUT2D eigenvalue weighted by Crippen LogP contribution is 2.27. The van der Waals surface area contributed by atoms with Gasteiger partial charge < -0.3 is 15.0 Å². The predicted octanol–water partition coefficient (Wildman–Crippen LogP) is 3.35. The summed E-state index contributed by atoms with van der Waals surface area (Å²) >= 11 is 9.75. The minimum atomic E-state index is -0.210. The first-order valence-corrected chi connectivity index (χ1v) is 8.53. The molecule has 1 saturated heterocycles. The molecular formula is C15H19BrClN3O. The van der Waals surface area contributed by atoms with E-state index in [-0.39, 0.29) is 12.1 Å². The summed E-state index contributed by atoms with van der Waals surface area (Å²) in [7, 11) is 0. The van der Waals surface area contributed by atoms with Crippen molar-refractivity contribution in [2.75, 3.05) is 6.54 Å². The minimum absolute atomic E-state index is 0.210. The van der Waals surface area contributed by atoms with Gasteiger partial charge >= 0.3 is 0 Å². The zero-order chi connectivity index (χ0) is 14.8. The van der Waals surface area contributed by atoms with Crippen LogP contribution in [0.3, 0.4) is 0 Å². The molecule has 6 heteroatoms. The first-order chi connectivity index (χ1) is 10.1. The van der Waals surface area contributed by atoms with Crippen LogP contribution in [0, 0.1) is 0 Å². The molecule has 2 aromatic rings. The Balaban J connectivity index is 1.65. The van der Waals surface area contributed by atoms with Gasteiger partial charge in [-0.1, -0.05) is 27.5 Å². The zero-order valence-electron chi connectivity index (χ0n) is 11.7. The highest BCUT2D eigenvalue weighted by molar-refractivity contribution is 9.10. The molecule has 2 N–H and O–H groups in total. The maximum Gasteiger partial charge on any atom is 0.0958 e. The molecule has 1 fully saturated rings. The number of hydrogen-bond acceptors (Lipinski definition) is 3. The molecule has 1 aliphatic heterocycles. The first-order valence-electron chi connectivity index (χ1n) is 7.36. The lowest BCUT2D eigenvalue weighted by Crippen LogP contribution is -2.44. The van der Waals surface area contributed by atoms with Crippen molar-refractivity contribution in [2.24, 2.45) is 0 Å². The number of fused-ring (bicyclic) bond motifs is 1. The molecule has 0 radical (unpaired) electrons. The second-order valence-electron chi connectivity index (χ2n) is 5.61. The van der Waals surface area contributed by atoms with Gasteiger partial charge in [-0.05, 0) is 44.4 Å². The fourth-order valence-corrected chi connectivity index (χ4v) is 3.91. The third-order valence-corrected chi connectivity index (χ3v) is 4.84.